The van der Waals surface area contributed by atoms with Crippen molar-refractivity contribution in [3.05, 3.63) is 65.8 Å². The van der Waals surface area contributed by atoms with Gasteiger partial charge in [0, 0.05) is 42.5 Å². The second kappa shape index (κ2) is 7.40. The van der Waals surface area contributed by atoms with E-state index >= 15 is 0 Å². The highest BCUT2D eigenvalue weighted by atomic mass is 32.1. The molecule has 4 aromatic heterocycles. The van der Waals surface area contributed by atoms with Crippen LogP contribution in [-0.4, -0.2) is 37.0 Å². The zero-order valence-electron chi connectivity index (χ0n) is 13.9. The minimum Gasteiger partial charge on any atom is -0.355 e. The molecule has 8 heteroatoms. The summed E-state index contributed by atoms with van der Waals surface area (Å²) < 4.78 is 1.92. The largest absolute Gasteiger partial charge is 0.355 e. The number of carbonyl (C=O) groups is 1. The van der Waals surface area contributed by atoms with Crippen molar-refractivity contribution in [1.82, 2.24) is 29.9 Å². The third-order valence-electron chi connectivity index (χ3n) is 3.86. The van der Waals surface area contributed by atoms with E-state index in [1.165, 1.54) is 11.3 Å². The summed E-state index contributed by atoms with van der Waals surface area (Å²) in [6, 6.07) is 9.58. The summed E-state index contributed by atoms with van der Waals surface area (Å²) in [4.78, 5) is 20.8. The van der Waals surface area contributed by atoms with Crippen molar-refractivity contribution in [2.75, 3.05) is 6.54 Å². The average molecular weight is 364 g/mol. The Labute approximate surface area is 153 Å². The first-order valence-corrected chi connectivity index (χ1v) is 9.08. The molecular weight excluding hydrogens is 348 g/mol. The van der Waals surface area contributed by atoms with E-state index in [2.05, 4.69) is 25.5 Å². The number of nitrogens with one attached hydrogen (secondary N) is 1. The lowest BCUT2D eigenvalue weighted by Gasteiger charge is -2.03. The van der Waals surface area contributed by atoms with Crippen molar-refractivity contribution in [3.63, 3.8) is 0 Å². The van der Waals surface area contributed by atoms with Crippen LogP contribution in [0, 0.1) is 0 Å². The lowest BCUT2D eigenvalue weighted by atomic mass is 10.3. The number of aromatic nitrogens is 5. The van der Waals surface area contributed by atoms with E-state index in [-0.39, 0.29) is 12.3 Å². The molecule has 0 saturated carbocycles. The zero-order chi connectivity index (χ0) is 17.8. The van der Waals surface area contributed by atoms with Crippen molar-refractivity contribution in [1.29, 1.82) is 0 Å². The first-order valence-electron chi connectivity index (χ1n) is 8.20. The molecule has 0 atom stereocenters. The van der Waals surface area contributed by atoms with Gasteiger partial charge in [0.2, 0.25) is 5.91 Å². The Morgan fingerprint density at radius 1 is 1.19 bits per heavy atom. The van der Waals surface area contributed by atoms with E-state index in [0.29, 0.717) is 13.0 Å². The summed E-state index contributed by atoms with van der Waals surface area (Å²) in [6.07, 6.45) is 6.30. The highest BCUT2D eigenvalue weighted by molar-refractivity contribution is 7.13. The normalized spacial score (nSPS) is 10.9. The predicted octanol–water partition coefficient (Wildman–Crippen LogP) is 2.15. The number of amides is 1. The van der Waals surface area contributed by atoms with Crippen molar-refractivity contribution in [3.8, 4) is 10.6 Å². The highest BCUT2D eigenvalue weighted by Crippen LogP contribution is 2.22. The summed E-state index contributed by atoms with van der Waals surface area (Å²) in [5.74, 6) is 0.773. The number of pyridine rings is 2. The Balaban J connectivity index is 1.31. The summed E-state index contributed by atoms with van der Waals surface area (Å²) in [5.41, 5.74) is 2.53. The van der Waals surface area contributed by atoms with Crippen LogP contribution in [0.3, 0.4) is 0 Å². The lowest BCUT2D eigenvalue weighted by Crippen LogP contribution is -2.27. The van der Waals surface area contributed by atoms with Crippen molar-refractivity contribution < 1.29 is 4.79 Å². The van der Waals surface area contributed by atoms with Crippen LogP contribution < -0.4 is 5.32 Å². The maximum absolute atomic E-state index is 12.1. The van der Waals surface area contributed by atoms with Crippen LogP contribution in [0.1, 0.15) is 11.5 Å². The van der Waals surface area contributed by atoms with Gasteiger partial charge in [-0.15, -0.1) is 21.5 Å². The molecule has 4 rings (SSSR count). The van der Waals surface area contributed by atoms with Crippen LogP contribution in [0.15, 0.2) is 54.3 Å². The molecule has 1 N–H and O–H groups in total. The van der Waals surface area contributed by atoms with E-state index in [1.807, 2.05) is 46.3 Å². The number of hydrogen-bond acceptors (Lipinski definition) is 6. The smallest absolute Gasteiger partial charge is 0.226 e. The molecule has 26 heavy (non-hydrogen) atoms. The van der Waals surface area contributed by atoms with Gasteiger partial charge in [0.05, 0.1) is 12.1 Å². The van der Waals surface area contributed by atoms with Gasteiger partial charge in [-0.05, 0) is 24.3 Å². The molecule has 4 aromatic rings. The third-order valence-corrected chi connectivity index (χ3v) is 4.80. The molecule has 0 aliphatic rings. The minimum absolute atomic E-state index is 0.0538. The Morgan fingerprint density at radius 3 is 3.04 bits per heavy atom. The molecule has 0 aromatic carbocycles. The molecule has 7 nitrogen and oxygen atoms in total. The maximum Gasteiger partial charge on any atom is 0.226 e. The molecule has 0 unspecified atom stereocenters. The standard InChI is InChI=1S/C18H16N6OS/c25-17(10-14-12-26-18(21-14)13-4-3-7-19-11-13)20-8-6-16-23-22-15-5-1-2-9-24(15)16/h1-5,7,9,11-12H,6,8,10H2,(H,20,25). The van der Waals surface area contributed by atoms with E-state index in [4.69, 9.17) is 0 Å². The zero-order valence-corrected chi connectivity index (χ0v) is 14.7. The van der Waals surface area contributed by atoms with Gasteiger partial charge >= 0.3 is 0 Å². The SMILES string of the molecule is O=C(Cc1csc(-c2cccnc2)n1)NCCc1nnc2ccccn12. The van der Waals surface area contributed by atoms with Crippen molar-refractivity contribution >= 4 is 22.9 Å². The van der Waals surface area contributed by atoms with Crippen LogP contribution in [0.2, 0.25) is 0 Å². The quantitative estimate of drug-likeness (QED) is 0.567. The summed E-state index contributed by atoms with van der Waals surface area (Å²) in [5, 5.41) is 14.0. The molecule has 0 fully saturated rings. The van der Waals surface area contributed by atoms with Gasteiger partial charge < -0.3 is 5.32 Å². The van der Waals surface area contributed by atoms with Gasteiger partial charge in [-0.1, -0.05) is 6.07 Å². The Kier molecular flexibility index (Phi) is 4.65. The monoisotopic (exact) mass is 364 g/mol. The number of fused-ring (bicyclic) bond motifs is 1. The lowest BCUT2D eigenvalue weighted by molar-refractivity contribution is -0.120. The molecule has 0 radical (unpaired) electrons. The Hall–Kier alpha value is -3.13. The number of hydrogen-bond donors (Lipinski definition) is 1. The number of rotatable bonds is 6. The van der Waals surface area contributed by atoms with Gasteiger partial charge in [-0.25, -0.2) is 4.98 Å². The molecule has 1 amide bonds. The van der Waals surface area contributed by atoms with Crippen molar-refractivity contribution in [2.24, 2.45) is 0 Å². The molecule has 0 bridgehead atoms. The maximum atomic E-state index is 12.1. The molecule has 0 aliphatic carbocycles. The van der Waals surface area contributed by atoms with E-state index < -0.39 is 0 Å². The summed E-state index contributed by atoms with van der Waals surface area (Å²) in [6.45, 7) is 0.508. The fraction of sp³-hybridized carbons (Fsp3) is 0.167. The van der Waals surface area contributed by atoms with Crippen molar-refractivity contribution in [2.45, 2.75) is 12.8 Å². The molecule has 130 valence electrons. The molecular formula is C18H16N6OS. The van der Waals surface area contributed by atoms with Crippen LogP contribution >= 0.6 is 11.3 Å². The first kappa shape index (κ1) is 16.3. The van der Waals surface area contributed by atoms with Crippen LogP contribution in [-0.2, 0) is 17.6 Å². The number of nitrogens with zero attached hydrogens (tertiary/aromatic N) is 5. The molecule has 0 saturated heterocycles. The number of thiazole rings is 1. The second-order valence-electron chi connectivity index (χ2n) is 5.71. The predicted molar refractivity (Wildman–Crippen MR) is 98.7 cm³/mol. The van der Waals surface area contributed by atoms with Gasteiger partial charge in [0.15, 0.2) is 5.65 Å². The molecule has 4 heterocycles. The molecule has 0 aliphatic heterocycles. The van der Waals surface area contributed by atoms with Crippen LogP contribution in [0.5, 0.6) is 0 Å². The van der Waals surface area contributed by atoms with Gasteiger partial charge in [0.25, 0.3) is 0 Å². The summed E-state index contributed by atoms with van der Waals surface area (Å²) in [7, 11) is 0. The van der Waals surface area contributed by atoms with Gasteiger partial charge in [-0.3, -0.25) is 14.2 Å². The molecule has 0 spiro atoms. The van der Waals surface area contributed by atoms with E-state index in [9.17, 15) is 4.79 Å². The highest BCUT2D eigenvalue weighted by Gasteiger charge is 2.10. The van der Waals surface area contributed by atoms with Crippen LogP contribution in [0.4, 0.5) is 0 Å². The fourth-order valence-electron chi connectivity index (χ4n) is 2.61. The van der Waals surface area contributed by atoms with E-state index in [1.54, 1.807) is 12.4 Å². The summed E-state index contributed by atoms with van der Waals surface area (Å²) >= 11 is 1.52. The topological polar surface area (TPSA) is 85.1 Å². The number of carbonyl (C=O) groups excluding carboxylic acids is 1. The second-order valence-corrected chi connectivity index (χ2v) is 6.57. The average Bonchev–Trinajstić information content (AvgIpc) is 3.30. The van der Waals surface area contributed by atoms with Gasteiger partial charge in [0.1, 0.15) is 10.8 Å². The van der Waals surface area contributed by atoms with E-state index in [0.717, 1.165) is 27.7 Å². The van der Waals surface area contributed by atoms with Crippen LogP contribution in [0.25, 0.3) is 16.2 Å². The fourth-order valence-corrected chi connectivity index (χ4v) is 3.42. The minimum atomic E-state index is -0.0538. The Bertz CT molecular complexity index is 1030. The van der Waals surface area contributed by atoms with Gasteiger partial charge in [-0.2, -0.15) is 0 Å². The first-order chi connectivity index (χ1) is 12.8. The Morgan fingerprint density at radius 2 is 2.15 bits per heavy atom. The third kappa shape index (κ3) is 3.60.